The number of carbonyl (C=O) groups excluding carboxylic acids is 1. The van der Waals surface area contributed by atoms with Crippen molar-refractivity contribution in [1.29, 1.82) is 0 Å². The molecule has 2 aliphatic rings. The number of nitrogens with one attached hydrogen (secondary N) is 1. The van der Waals surface area contributed by atoms with E-state index in [1.165, 1.54) is 19.3 Å². The van der Waals surface area contributed by atoms with E-state index in [-0.39, 0.29) is 18.4 Å². The van der Waals surface area contributed by atoms with Gasteiger partial charge in [0.2, 0.25) is 0 Å². The Balaban J connectivity index is 0.00000128. The smallest absolute Gasteiger partial charge is 0.320 e. The van der Waals surface area contributed by atoms with E-state index in [2.05, 4.69) is 5.32 Å². The molecule has 0 bridgehead atoms. The molecule has 0 saturated carbocycles. The van der Waals surface area contributed by atoms with E-state index in [1.807, 2.05) is 16.8 Å². The molecule has 2 heterocycles. The van der Waals surface area contributed by atoms with Gasteiger partial charge in [-0.15, -0.1) is 12.4 Å². The van der Waals surface area contributed by atoms with Crippen molar-refractivity contribution in [2.45, 2.75) is 31.7 Å². The van der Waals surface area contributed by atoms with Gasteiger partial charge in [0.1, 0.15) is 0 Å². The third-order valence-electron chi connectivity index (χ3n) is 3.51. The fraction of sp³-hybridized carbons (Fsp3) is 0.909. The molecule has 1 atom stereocenters. The third-order valence-corrected chi connectivity index (χ3v) is 3.51. The average Bonchev–Trinajstić information content (AvgIpc) is 2.82. The molecule has 2 amide bonds. The molecule has 4 nitrogen and oxygen atoms in total. The first-order chi connectivity index (χ1) is 7.29. The van der Waals surface area contributed by atoms with Crippen LogP contribution in [0, 0.1) is 0 Å². The van der Waals surface area contributed by atoms with Crippen molar-refractivity contribution in [3.8, 4) is 0 Å². The summed E-state index contributed by atoms with van der Waals surface area (Å²) in [5.74, 6) is 0. The SMILES string of the molecule is CN(C(=O)N1CCCCC1)[C@@H]1CCNC1.Cl. The van der Waals surface area contributed by atoms with Crippen LogP contribution in [-0.4, -0.2) is 55.1 Å². The van der Waals surface area contributed by atoms with Crippen LogP contribution >= 0.6 is 12.4 Å². The largest absolute Gasteiger partial charge is 0.325 e. The molecule has 0 aromatic heterocycles. The van der Waals surface area contributed by atoms with Crippen molar-refractivity contribution in [3.63, 3.8) is 0 Å². The van der Waals surface area contributed by atoms with Crippen molar-refractivity contribution in [2.75, 3.05) is 33.2 Å². The van der Waals surface area contributed by atoms with E-state index in [0.717, 1.165) is 32.6 Å². The van der Waals surface area contributed by atoms with Gasteiger partial charge in [0.15, 0.2) is 0 Å². The van der Waals surface area contributed by atoms with E-state index in [0.29, 0.717) is 6.04 Å². The van der Waals surface area contributed by atoms with Crippen LogP contribution in [0.3, 0.4) is 0 Å². The van der Waals surface area contributed by atoms with Crippen LogP contribution in [0.25, 0.3) is 0 Å². The maximum absolute atomic E-state index is 12.1. The van der Waals surface area contributed by atoms with Gasteiger partial charge in [-0.3, -0.25) is 0 Å². The van der Waals surface area contributed by atoms with Crippen molar-refractivity contribution < 1.29 is 4.79 Å². The number of hydrogen-bond donors (Lipinski definition) is 1. The van der Waals surface area contributed by atoms with E-state index in [9.17, 15) is 4.79 Å². The zero-order valence-corrected chi connectivity index (χ0v) is 10.8. The zero-order valence-electron chi connectivity index (χ0n) is 9.95. The lowest BCUT2D eigenvalue weighted by atomic mass is 10.1. The number of nitrogens with zero attached hydrogens (tertiary/aromatic N) is 2. The predicted octanol–water partition coefficient (Wildman–Crippen LogP) is 1.31. The molecule has 1 N–H and O–H groups in total. The van der Waals surface area contributed by atoms with Crippen molar-refractivity contribution in [3.05, 3.63) is 0 Å². The summed E-state index contributed by atoms with van der Waals surface area (Å²) in [7, 11) is 1.94. The molecule has 0 spiro atoms. The summed E-state index contributed by atoms with van der Waals surface area (Å²) < 4.78 is 0. The highest BCUT2D eigenvalue weighted by Crippen LogP contribution is 2.14. The highest BCUT2D eigenvalue weighted by Gasteiger charge is 2.27. The van der Waals surface area contributed by atoms with Crippen LogP contribution in [0.15, 0.2) is 0 Å². The van der Waals surface area contributed by atoms with Gasteiger partial charge in [-0.2, -0.15) is 0 Å². The summed E-state index contributed by atoms with van der Waals surface area (Å²) in [5.41, 5.74) is 0. The molecule has 2 fully saturated rings. The standard InChI is InChI=1S/C11H21N3O.ClH/c1-13(10-5-6-12-9-10)11(15)14-7-3-2-4-8-14;/h10,12H,2-9H2,1H3;1H/t10-;/m1./s1. The molecule has 2 aliphatic heterocycles. The Morgan fingerprint density at radius 2 is 2.00 bits per heavy atom. The molecule has 0 aromatic carbocycles. The Kier molecular flexibility index (Phi) is 5.35. The van der Waals surface area contributed by atoms with Gasteiger partial charge in [-0.1, -0.05) is 0 Å². The summed E-state index contributed by atoms with van der Waals surface area (Å²) in [6.45, 7) is 3.89. The number of halogens is 1. The molecule has 0 radical (unpaired) electrons. The number of hydrogen-bond acceptors (Lipinski definition) is 2. The normalized spacial score (nSPS) is 25.1. The van der Waals surface area contributed by atoms with Gasteiger partial charge in [-0.05, 0) is 32.2 Å². The Morgan fingerprint density at radius 3 is 2.56 bits per heavy atom. The van der Waals surface area contributed by atoms with Crippen LogP contribution in [0.5, 0.6) is 0 Å². The van der Waals surface area contributed by atoms with Gasteiger partial charge < -0.3 is 15.1 Å². The quantitative estimate of drug-likeness (QED) is 0.759. The number of amides is 2. The number of piperidine rings is 1. The lowest BCUT2D eigenvalue weighted by Gasteiger charge is -2.33. The monoisotopic (exact) mass is 247 g/mol. The summed E-state index contributed by atoms with van der Waals surface area (Å²) in [6.07, 6.45) is 4.71. The number of rotatable bonds is 1. The first-order valence-corrected chi connectivity index (χ1v) is 6.01. The molecule has 0 unspecified atom stereocenters. The molecule has 2 rings (SSSR count). The summed E-state index contributed by atoms with van der Waals surface area (Å²) in [5, 5.41) is 3.30. The van der Waals surface area contributed by atoms with E-state index >= 15 is 0 Å². The van der Waals surface area contributed by atoms with Gasteiger partial charge in [-0.25, -0.2) is 4.79 Å². The second kappa shape index (κ2) is 6.30. The van der Waals surface area contributed by atoms with Crippen molar-refractivity contribution in [2.24, 2.45) is 0 Å². The van der Waals surface area contributed by atoms with E-state index in [1.54, 1.807) is 0 Å². The third kappa shape index (κ3) is 3.01. The highest BCUT2D eigenvalue weighted by molar-refractivity contribution is 5.85. The minimum atomic E-state index is 0. The van der Waals surface area contributed by atoms with Crippen LogP contribution in [-0.2, 0) is 0 Å². The number of urea groups is 1. The first kappa shape index (κ1) is 13.6. The second-order valence-corrected chi connectivity index (χ2v) is 4.59. The maximum Gasteiger partial charge on any atom is 0.320 e. The average molecular weight is 248 g/mol. The molecule has 16 heavy (non-hydrogen) atoms. The molecule has 94 valence electrons. The van der Waals surface area contributed by atoms with Gasteiger partial charge >= 0.3 is 6.03 Å². The van der Waals surface area contributed by atoms with Gasteiger partial charge in [0.05, 0.1) is 0 Å². The highest BCUT2D eigenvalue weighted by atomic mass is 35.5. The molecule has 0 aromatic rings. The Bertz CT molecular complexity index is 225. The number of likely N-dealkylation sites (N-methyl/N-ethyl adjacent to an activating group) is 1. The Labute approximate surface area is 104 Å². The van der Waals surface area contributed by atoms with Crippen molar-refractivity contribution in [1.82, 2.24) is 15.1 Å². The Morgan fingerprint density at radius 1 is 1.31 bits per heavy atom. The predicted molar refractivity (Wildman–Crippen MR) is 67.1 cm³/mol. The van der Waals surface area contributed by atoms with Crippen LogP contribution in [0.2, 0.25) is 0 Å². The topological polar surface area (TPSA) is 35.6 Å². The van der Waals surface area contributed by atoms with Crippen LogP contribution < -0.4 is 5.32 Å². The lowest BCUT2D eigenvalue weighted by molar-refractivity contribution is 0.140. The van der Waals surface area contributed by atoms with Gasteiger partial charge in [0, 0.05) is 32.7 Å². The molecule has 0 aliphatic carbocycles. The number of carbonyl (C=O) groups is 1. The summed E-state index contributed by atoms with van der Waals surface area (Å²) >= 11 is 0. The molecule has 2 saturated heterocycles. The fourth-order valence-corrected chi connectivity index (χ4v) is 2.43. The van der Waals surface area contributed by atoms with E-state index in [4.69, 9.17) is 0 Å². The second-order valence-electron chi connectivity index (χ2n) is 4.59. The van der Waals surface area contributed by atoms with E-state index < -0.39 is 0 Å². The van der Waals surface area contributed by atoms with Gasteiger partial charge in [0.25, 0.3) is 0 Å². The number of likely N-dealkylation sites (tertiary alicyclic amines) is 1. The lowest BCUT2D eigenvalue weighted by Crippen LogP contribution is -2.48. The molecular weight excluding hydrogens is 226 g/mol. The minimum Gasteiger partial charge on any atom is -0.325 e. The zero-order chi connectivity index (χ0) is 10.7. The van der Waals surface area contributed by atoms with Crippen LogP contribution in [0.4, 0.5) is 4.79 Å². The Hall–Kier alpha value is -0.480. The molecule has 5 heteroatoms. The first-order valence-electron chi connectivity index (χ1n) is 6.01. The van der Waals surface area contributed by atoms with Crippen molar-refractivity contribution >= 4 is 18.4 Å². The fourth-order valence-electron chi connectivity index (χ4n) is 2.43. The molecular formula is C11H22ClN3O. The minimum absolute atomic E-state index is 0. The summed E-state index contributed by atoms with van der Waals surface area (Å²) in [4.78, 5) is 16.0. The maximum atomic E-state index is 12.1. The van der Waals surface area contributed by atoms with Crippen LogP contribution in [0.1, 0.15) is 25.7 Å². The summed E-state index contributed by atoms with van der Waals surface area (Å²) in [6, 6.07) is 0.628.